The summed E-state index contributed by atoms with van der Waals surface area (Å²) in [5.41, 5.74) is 0. The number of carbonyl (C=O) groups is 1. The van der Waals surface area contributed by atoms with E-state index >= 15 is 0 Å². The highest BCUT2D eigenvalue weighted by molar-refractivity contribution is 5.76. The van der Waals surface area contributed by atoms with E-state index in [1.807, 2.05) is 11.9 Å². The molecule has 1 heterocycles. The van der Waals surface area contributed by atoms with E-state index < -0.39 is 0 Å². The molecule has 1 amide bonds. The molecule has 0 bridgehead atoms. The number of likely N-dealkylation sites (N-methyl/N-ethyl adjacent to an activating group) is 1. The van der Waals surface area contributed by atoms with Gasteiger partial charge in [-0.25, -0.2) is 0 Å². The lowest BCUT2D eigenvalue weighted by atomic mass is 10.2. The number of rotatable bonds is 6. The third kappa shape index (κ3) is 5.02. The molecule has 1 unspecified atom stereocenters. The first-order chi connectivity index (χ1) is 8.15. The van der Waals surface area contributed by atoms with Gasteiger partial charge in [-0.05, 0) is 14.0 Å². The summed E-state index contributed by atoms with van der Waals surface area (Å²) in [5, 5.41) is 3.25. The maximum absolute atomic E-state index is 11.9. The molecule has 0 aromatic rings. The third-order valence-corrected chi connectivity index (χ3v) is 3.31. The molecule has 1 fully saturated rings. The van der Waals surface area contributed by atoms with Crippen LogP contribution in [0.1, 0.15) is 13.3 Å². The molecule has 0 aliphatic carbocycles. The van der Waals surface area contributed by atoms with Crippen LogP contribution in [-0.2, 0) is 9.53 Å². The highest BCUT2D eigenvalue weighted by atomic mass is 16.5. The molecular formula is C12H25N3O2. The Kier molecular flexibility index (Phi) is 6.47. The van der Waals surface area contributed by atoms with Crippen LogP contribution in [0.4, 0.5) is 0 Å². The Hall–Kier alpha value is -0.650. The fourth-order valence-corrected chi connectivity index (χ4v) is 1.93. The summed E-state index contributed by atoms with van der Waals surface area (Å²) in [6.45, 7) is 7.14. The number of hydrogen-bond acceptors (Lipinski definition) is 4. The average molecular weight is 243 g/mol. The van der Waals surface area contributed by atoms with Crippen LogP contribution in [0.2, 0.25) is 0 Å². The first-order valence-electron chi connectivity index (χ1n) is 6.33. The number of carbonyl (C=O) groups excluding carboxylic acids is 1. The Morgan fingerprint density at radius 2 is 2.12 bits per heavy atom. The van der Waals surface area contributed by atoms with Crippen molar-refractivity contribution in [3.63, 3.8) is 0 Å². The second-order valence-electron chi connectivity index (χ2n) is 4.67. The minimum atomic E-state index is 0.267. The minimum Gasteiger partial charge on any atom is -0.383 e. The molecule has 100 valence electrons. The van der Waals surface area contributed by atoms with Crippen molar-refractivity contribution in [3.8, 4) is 0 Å². The number of amides is 1. The Bertz CT molecular complexity index is 230. The fourth-order valence-electron chi connectivity index (χ4n) is 1.93. The van der Waals surface area contributed by atoms with Gasteiger partial charge < -0.3 is 19.9 Å². The van der Waals surface area contributed by atoms with Crippen LogP contribution in [0.15, 0.2) is 0 Å². The van der Waals surface area contributed by atoms with Crippen molar-refractivity contribution in [1.82, 2.24) is 15.1 Å². The number of hydrogen-bond donors (Lipinski definition) is 1. The van der Waals surface area contributed by atoms with Gasteiger partial charge in [-0.3, -0.25) is 4.79 Å². The van der Waals surface area contributed by atoms with Crippen LogP contribution in [0.3, 0.4) is 0 Å². The monoisotopic (exact) mass is 243 g/mol. The first kappa shape index (κ1) is 14.4. The molecule has 1 saturated heterocycles. The summed E-state index contributed by atoms with van der Waals surface area (Å²) in [6, 6.07) is 0.357. The molecule has 5 heteroatoms. The van der Waals surface area contributed by atoms with Crippen molar-refractivity contribution in [2.24, 2.45) is 0 Å². The summed E-state index contributed by atoms with van der Waals surface area (Å²) < 4.78 is 5.10. The molecule has 1 N–H and O–H groups in total. The SMILES string of the molecule is COCC(C)N(C)CCC(=O)N1CCNCC1. The zero-order valence-electron chi connectivity index (χ0n) is 11.2. The maximum atomic E-state index is 11.9. The van der Waals surface area contributed by atoms with E-state index in [1.165, 1.54) is 0 Å². The topological polar surface area (TPSA) is 44.8 Å². The number of nitrogens with one attached hydrogen (secondary N) is 1. The molecule has 1 atom stereocenters. The predicted octanol–water partition coefficient (Wildman–Crippen LogP) is -0.225. The Labute approximate surface area is 104 Å². The van der Waals surface area contributed by atoms with Gasteiger partial charge in [-0.2, -0.15) is 0 Å². The van der Waals surface area contributed by atoms with Crippen LogP contribution in [-0.4, -0.2) is 75.2 Å². The molecule has 17 heavy (non-hydrogen) atoms. The number of ether oxygens (including phenoxy) is 1. The van der Waals surface area contributed by atoms with Crippen LogP contribution in [0.5, 0.6) is 0 Å². The predicted molar refractivity (Wildman–Crippen MR) is 68.0 cm³/mol. The molecule has 0 saturated carbocycles. The maximum Gasteiger partial charge on any atom is 0.223 e. The highest BCUT2D eigenvalue weighted by Crippen LogP contribution is 2.01. The van der Waals surface area contributed by atoms with Gasteiger partial charge in [0.15, 0.2) is 0 Å². The molecule has 1 aliphatic heterocycles. The normalized spacial score (nSPS) is 18.5. The number of methoxy groups -OCH3 is 1. The fraction of sp³-hybridized carbons (Fsp3) is 0.917. The Morgan fingerprint density at radius 3 is 2.71 bits per heavy atom. The zero-order valence-corrected chi connectivity index (χ0v) is 11.2. The minimum absolute atomic E-state index is 0.267. The lowest BCUT2D eigenvalue weighted by molar-refractivity contribution is -0.132. The molecule has 5 nitrogen and oxygen atoms in total. The van der Waals surface area contributed by atoms with E-state index in [4.69, 9.17) is 4.74 Å². The summed E-state index contributed by atoms with van der Waals surface area (Å²) in [7, 11) is 3.74. The molecular weight excluding hydrogens is 218 g/mol. The standard InChI is InChI=1S/C12H25N3O2/c1-11(10-17-3)14(2)7-4-12(16)15-8-5-13-6-9-15/h11,13H,4-10H2,1-3H3. The van der Waals surface area contributed by atoms with Gasteiger partial charge in [0.05, 0.1) is 6.61 Å². The molecule has 1 aliphatic rings. The van der Waals surface area contributed by atoms with Crippen molar-refractivity contribution >= 4 is 5.91 Å². The summed E-state index contributed by atoms with van der Waals surface area (Å²) in [6.07, 6.45) is 0.602. The second-order valence-corrected chi connectivity index (χ2v) is 4.67. The van der Waals surface area contributed by atoms with Gasteiger partial charge in [-0.1, -0.05) is 0 Å². The van der Waals surface area contributed by atoms with Crippen LogP contribution >= 0.6 is 0 Å². The van der Waals surface area contributed by atoms with Crippen LogP contribution in [0, 0.1) is 0 Å². The smallest absolute Gasteiger partial charge is 0.223 e. The first-order valence-corrected chi connectivity index (χ1v) is 6.33. The quantitative estimate of drug-likeness (QED) is 0.700. The molecule has 0 spiro atoms. The van der Waals surface area contributed by atoms with E-state index in [-0.39, 0.29) is 5.91 Å². The second kappa shape index (κ2) is 7.63. The van der Waals surface area contributed by atoms with E-state index in [1.54, 1.807) is 7.11 Å². The van der Waals surface area contributed by atoms with Crippen molar-refractivity contribution in [2.75, 3.05) is 53.5 Å². The van der Waals surface area contributed by atoms with E-state index in [0.717, 1.165) is 32.7 Å². The Morgan fingerprint density at radius 1 is 1.47 bits per heavy atom. The van der Waals surface area contributed by atoms with Crippen LogP contribution in [0.25, 0.3) is 0 Å². The molecule has 0 aromatic carbocycles. The molecule has 0 radical (unpaired) electrons. The third-order valence-electron chi connectivity index (χ3n) is 3.31. The summed E-state index contributed by atoms with van der Waals surface area (Å²) in [4.78, 5) is 16.0. The zero-order chi connectivity index (χ0) is 12.7. The number of piperazine rings is 1. The lowest BCUT2D eigenvalue weighted by Gasteiger charge is -2.29. The van der Waals surface area contributed by atoms with Gasteiger partial charge in [0, 0.05) is 52.3 Å². The van der Waals surface area contributed by atoms with Crippen molar-refractivity contribution < 1.29 is 9.53 Å². The largest absolute Gasteiger partial charge is 0.383 e. The van der Waals surface area contributed by atoms with E-state index in [2.05, 4.69) is 17.1 Å². The van der Waals surface area contributed by atoms with Crippen molar-refractivity contribution in [3.05, 3.63) is 0 Å². The summed E-state index contributed by atoms with van der Waals surface area (Å²) >= 11 is 0. The van der Waals surface area contributed by atoms with Gasteiger partial charge in [0.25, 0.3) is 0 Å². The van der Waals surface area contributed by atoms with Crippen molar-refractivity contribution in [1.29, 1.82) is 0 Å². The van der Waals surface area contributed by atoms with Gasteiger partial charge in [0.1, 0.15) is 0 Å². The van der Waals surface area contributed by atoms with Gasteiger partial charge in [0.2, 0.25) is 5.91 Å². The van der Waals surface area contributed by atoms with Gasteiger partial charge in [-0.15, -0.1) is 0 Å². The highest BCUT2D eigenvalue weighted by Gasteiger charge is 2.17. The lowest BCUT2D eigenvalue weighted by Crippen LogP contribution is -2.47. The number of nitrogens with zero attached hydrogens (tertiary/aromatic N) is 2. The van der Waals surface area contributed by atoms with E-state index in [0.29, 0.717) is 19.1 Å². The van der Waals surface area contributed by atoms with E-state index in [9.17, 15) is 4.79 Å². The average Bonchev–Trinajstić information content (AvgIpc) is 2.36. The Balaban J connectivity index is 2.22. The van der Waals surface area contributed by atoms with Crippen LogP contribution < -0.4 is 5.32 Å². The van der Waals surface area contributed by atoms with Crippen molar-refractivity contribution in [2.45, 2.75) is 19.4 Å². The van der Waals surface area contributed by atoms with Gasteiger partial charge >= 0.3 is 0 Å². The molecule has 0 aromatic heterocycles. The summed E-state index contributed by atoms with van der Waals surface area (Å²) in [5.74, 6) is 0.267. The molecule has 1 rings (SSSR count).